The summed E-state index contributed by atoms with van der Waals surface area (Å²) >= 11 is 5.89. The van der Waals surface area contributed by atoms with Crippen LogP contribution in [-0.2, 0) is 17.9 Å². The molecule has 3 aromatic rings. The summed E-state index contributed by atoms with van der Waals surface area (Å²) in [6, 6.07) is 14.5. The zero-order chi connectivity index (χ0) is 20.2. The molecule has 0 radical (unpaired) electrons. The molecule has 2 heterocycles. The Morgan fingerprint density at radius 1 is 1.00 bits per heavy atom. The van der Waals surface area contributed by atoms with Gasteiger partial charge in [0.1, 0.15) is 12.4 Å². The van der Waals surface area contributed by atoms with Crippen molar-refractivity contribution in [2.24, 2.45) is 0 Å². The summed E-state index contributed by atoms with van der Waals surface area (Å²) in [7, 11) is 0. The number of para-hydroxylation sites is 2. The van der Waals surface area contributed by atoms with Crippen molar-refractivity contribution >= 4 is 34.4 Å². The van der Waals surface area contributed by atoms with Gasteiger partial charge in [-0.1, -0.05) is 23.7 Å². The molecule has 1 N–H and O–H groups in total. The number of fused-ring (bicyclic) bond motifs is 1. The number of imidazole rings is 1. The summed E-state index contributed by atoms with van der Waals surface area (Å²) in [5, 5.41) is 3.48. The van der Waals surface area contributed by atoms with E-state index in [0.717, 1.165) is 37.0 Å². The van der Waals surface area contributed by atoms with Crippen molar-refractivity contribution in [2.45, 2.75) is 32.4 Å². The third-order valence-corrected chi connectivity index (χ3v) is 5.50. The molecular formula is C22H23ClN4O2. The topological polar surface area (TPSA) is 67.2 Å². The maximum atomic E-state index is 12.8. The van der Waals surface area contributed by atoms with Gasteiger partial charge < -0.3 is 14.8 Å². The van der Waals surface area contributed by atoms with Crippen LogP contribution < -0.4 is 5.32 Å². The third kappa shape index (κ3) is 4.43. The third-order valence-electron chi connectivity index (χ3n) is 5.25. The van der Waals surface area contributed by atoms with Gasteiger partial charge in [-0.05, 0) is 55.7 Å². The molecule has 1 aliphatic heterocycles. The number of nitrogens with zero attached hydrogens (tertiary/aromatic N) is 3. The van der Waals surface area contributed by atoms with Gasteiger partial charge in [0.2, 0.25) is 5.91 Å². The van der Waals surface area contributed by atoms with Gasteiger partial charge in [-0.25, -0.2) is 4.98 Å². The second-order valence-corrected chi connectivity index (χ2v) is 7.67. The fourth-order valence-corrected chi connectivity index (χ4v) is 3.80. The largest absolute Gasteiger partial charge is 0.345 e. The Balaban J connectivity index is 1.53. The molecule has 0 bridgehead atoms. The van der Waals surface area contributed by atoms with Gasteiger partial charge in [-0.15, -0.1) is 0 Å². The molecule has 0 unspecified atom stereocenters. The van der Waals surface area contributed by atoms with E-state index in [4.69, 9.17) is 11.6 Å². The monoisotopic (exact) mass is 410 g/mol. The first-order valence-corrected chi connectivity index (χ1v) is 10.3. The predicted molar refractivity (Wildman–Crippen MR) is 113 cm³/mol. The molecule has 4 rings (SSSR count). The molecule has 2 aromatic carbocycles. The van der Waals surface area contributed by atoms with Crippen LogP contribution in [0.3, 0.4) is 0 Å². The maximum Gasteiger partial charge on any atom is 0.251 e. The van der Waals surface area contributed by atoms with Gasteiger partial charge in [-0.3, -0.25) is 9.59 Å². The first-order valence-electron chi connectivity index (χ1n) is 9.87. The number of hydrogen-bond donors (Lipinski definition) is 1. The Bertz CT molecular complexity index is 1020. The number of carbonyl (C=O) groups excluding carboxylic acids is 2. The Hall–Kier alpha value is -2.86. The summed E-state index contributed by atoms with van der Waals surface area (Å²) in [5.74, 6) is 0.555. The zero-order valence-corrected chi connectivity index (χ0v) is 16.9. The molecule has 150 valence electrons. The van der Waals surface area contributed by atoms with E-state index in [1.54, 1.807) is 24.3 Å². The van der Waals surface area contributed by atoms with Crippen molar-refractivity contribution in [1.29, 1.82) is 0 Å². The van der Waals surface area contributed by atoms with Crippen molar-refractivity contribution in [3.05, 3.63) is 64.9 Å². The van der Waals surface area contributed by atoms with E-state index in [2.05, 4.69) is 10.3 Å². The van der Waals surface area contributed by atoms with Crippen LogP contribution in [0, 0.1) is 0 Å². The second kappa shape index (κ2) is 8.66. The molecule has 29 heavy (non-hydrogen) atoms. The van der Waals surface area contributed by atoms with Gasteiger partial charge in [0.15, 0.2) is 0 Å². The SMILES string of the molecule is O=C(NCc1nc2ccccc2n1CC(=O)N1CCCCC1)c1ccc(Cl)cc1. The lowest BCUT2D eigenvalue weighted by Gasteiger charge is -2.27. The Labute approximate surface area is 174 Å². The van der Waals surface area contributed by atoms with E-state index < -0.39 is 0 Å². The van der Waals surface area contributed by atoms with E-state index in [0.29, 0.717) is 16.4 Å². The Morgan fingerprint density at radius 2 is 1.72 bits per heavy atom. The molecule has 1 saturated heterocycles. The number of piperidine rings is 1. The molecule has 1 fully saturated rings. The number of likely N-dealkylation sites (tertiary alicyclic amines) is 1. The van der Waals surface area contributed by atoms with Crippen molar-refractivity contribution in [1.82, 2.24) is 19.8 Å². The van der Waals surface area contributed by atoms with Crippen molar-refractivity contribution in [3.8, 4) is 0 Å². The standard InChI is InChI=1S/C22H23ClN4O2/c23-17-10-8-16(9-11-17)22(29)24-14-20-25-18-6-2-3-7-19(18)27(20)15-21(28)26-12-4-1-5-13-26/h2-3,6-11H,1,4-5,12-15H2,(H,24,29). The molecule has 0 atom stereocenters. The number of nitrogens with one attached hydrogen (secondary N) is 1. The second-order valence-electron chi connectivity index (χ2n) is 7.23. The molecule has 0 spiro atoms. The summed E-state index contributed by atoms with van der Waals surface area (Å²) < 4.78 is 1.91. The number of halogens is 1. The number of carbonyl (C=O) groups is 2. The summed E-state index contributed by atoms with van der Waals surface area (Å²) in [6.45, 7) is 2.10. The highest BCUT2D eigenvalue weighted by molar-refractivity contribution is 6.30. The van der Waals surface area contributed by atoms with E-state index in [9.17, 15) is 9.59 Å². The average molecular weight is 411 g/mol. The summed E-state index contributed by atoms with van der Waals surface area (Å²) in [6.07, 6.45) is 3.29. The first-order chi connectivity index (χ1) is 14.1. The minimum atomic E-state index is -0.206. The van der Waals surface area contributed by atoms with Gasteiger partial charge >= 0.3 is 0 Å². The van der Waals surface area contributed by atoms with Crippen LogP contribution in [0.4, 0.5) is 0 Å². The van der Waals surface area contributed by atoms with Crippen LogP contribution in [0.25, 0.3) is 11.0 Å². The minimum Gasteiger partial charge on any atom is -0.345 e. The molecule has 1 aliphatic rings. The van der Waals surface area contributed by atoms with Crippen LogP contribution in [-0.4, -0.2) is 39.4 Å². The zero-order valence-electron chi connectivity index (χ0n) is 16.1. The maximum absolute atomic E-state index is 12.8. The lowest BCUT2D eigenvalue weighted by Crippen LogP contribution is -2.38. The lowest BCUT2D eigenvalue weighted by molar-refractivity contribution is -0.132. The van der Waals surface area contributed by atoms with Crippen molar-refractivity contribution in [3.63, 3.8) is 0 Å². The highest BCUT2D eigenvalue weighted by atomic mass is 35.5. The van der Waals surface area contributed by atoms with Crippen LogP contribution in [0.15, 0.2) is 48.5 Å². The number of rotatable bonds is 5. The van der Waals surface area contributed by atoms with E-state index in [1.165, 1.54) is 6.42 Å². The normalized spacial score (nSPS) is 14.2. The number of hydrogen-bond acceptors (Lipinski definition) is 3. The fraction of sp³-hybridized carbons (Fsp3) is 0.318. The highest BCUT2D eigenvalue weighted by Gasteiger charge is 2.20. The van der Waals surface area contributed by atoms with Crippen molar-refractivity contribution in [2.75, 3.05) is 13.1 Å². The van der Waals surface area contributed by atoms with Crippen LogP contribution in [0.2, 0.25) is 5.02 Å². The van der Waals surface area contributed by atoms with Crippen molar-refractivity contribution < 1.29 is 9.59 Å². The molecule has 1 aromatic heterocycles. The molecule has 0 saturated carbocycles. The van der Waals surface area contributed by atoms with Crippen LogP contribution in [0.1, 0.15) is 35.4 Å². The highest BCUT2D eigenvalue weighted by Crippen LogP contribution is 2.18. The quantitative estimate of drug-likeness (QED) is 0.698. The van der Waals surface area contributed by atoms with Crippen LogP contribution >= 0.6 is 11.6 Å². The van der Waals surface area contributed by atoms with Crippen LogP contribution in [0.5, 0.6) is 0 Å². The molecule has 0 aliphatic carbocycles. The van der Waals surface area contributed by atoms with Gasteiger partial charge in [0.25, 0.3) is 5.91 Å². The summed E-state index contributed by atoms with van der Waals surface area (Å²) in [4.78, 5) is 31.9. The Kier molecular flexibility index (Phi) is 5.81. The molecule has 7 heteroatoms. The Morgan fingerprint density at radius 3 is 2.48 bits per heavy atom. The number of aromatic nitrogens is 2. The molecule has 2 amide bonds. The number of amides is 2. The van der Waals surface area contributed by atoms with E-state index in [-0.39, 0.29) is 24.9 Å². The smallest absolute Gasteiger partial charge is 0.251 e. The van der Waals surface area contributed by atoms with Gasteiger partial charge in [0, 0.05) is 23.7 Å². The summed E-state index contributed by atoms with van der Waals surface area (Å²) in [5.41, 5.74) is 2.24. The number of benzene rings is 2. The molecular weight excluding hydrogens is 388 g/mol. The van der Waals surface area contributed by atoms with Gasteiger partial charge in [-0.2, -0.15) is 0 Å². The lowest BCUT2D eigenvalue weighted by atomic mass is 10.1. The predicted octanol–water partition coefficient (Wildman–Crippen LogP) is 3.63. The minimum absolute atomic E-state index is 0.0955. The molecule has 6 nitrogen and oxygen atoms in total. The van der Waals surface area contributed by atoms with Gasteiger partial charge in [0.05, 0.1) is 17.6 Å². The average Bonchev–Trinajstić information content (AvgIpc) is 3.10. The fourth-order valence-electron chi connectivity index (χ4n) is 3.68. The van der Waals surface area contributed by atoms with E-state index >= 15 is 0 Å². The first kappa shape index (κ1) is 19.5. The van der Waals surface area contributed by atoms with E-state index in [1.807, 2.05) is 33.7 Å².